The highest BCUT2D eigenvalue weighted by molar-refractivity contribution is 7.92. The Morgan fingerprint density at radius 1 is 1.03 bits per heavy atom. The Kier molecular flexibility index (Phi) is 6.66. The summed E-state index contributed by atoms with van der Waals surface area (Å²) in [5, 5.41) is 2.98. The van der Waals surface area contributed by atoms with E-state index in [1.165, 1.54) is 9.87 Å². The molecule has 0 saturated carbocycles. The molecule has 6 nitrogen and oxygen atoms in total. The Labute approximate surface area is 201 Å². The molecule has 178 valence electrons. The summed E-state index contributed by atoms with van der Waals surface area (Å²) in [6.07, 6.45) is -0.0333. The molecule has 4 rings (SSSR count). The van der Waals surface area contributed by atoms with Gasteiger partial charge in [0.05, 0.1) is 23.2 Å². The average molecular weight is 479 g/mol. The van der Waals surface area contributed by atoms with Crippen LogP contribution in [0.1, 0.15) is 42.1 Å². The lowest BCUT2D eigenvalue weighted by atomic mass is 10.0. The summed E-state index contributed by atoms with van der Waals surface area (Å²) in [5.74, 6) is 0.00929. The maximum atomic E-state index is 13.6. The predicted molar refractivity (Wildman–Crippen MR) is 134 cm³/mol. The molecule has 34 heavy (non-hydrogen) atoms. The van der Waals surface area contributed by atoms with E-state index in [2.05, 4.69) is 12.2 Å². The van der Waals surface area contributed by atoms with Crippen LogP contribution in [0.2, 0.25) is 0 Å². The van der Waals surface area contributed by atoms with Crippen molar-refractivity contribution in [3.8, 4) is 5.75 Å². The SMILES string of the molecule is CCc1ccc([C@@H](C)NC(=O)[C@H]2CN(S(=O)(=O)c3ccc(C)cc3)c3cc(C)ccc3O2)cc1. The molecule has 0 aromatic heterocycles. The number of aryl methyl sites for hydroxylation is 3. The first-order valence-electron chi connectivity index (χ1n) is 11.4. The molecule has 1 N–H and O–H groups in total. The smallest absolute Gasteiger partial charge is 0.264 e. The van der Waals surface area contributed by atoms with Gasteiger partial charge in [0.15, 0.2) is 6.10 Å². The van der Waals surface area contributed by atoms with Crippen molar-refractivity contribution in [1.29, 1.82) is 0 Å². The molecule has 1 aliphatic heterocycles. The van der Waals surface area contributed by atoms with Gasteiger partial charge in [-0.2, -0.15) is 0 Å². The molecule has 0 spiro atoms. The van der Waals surface area contributed by atoms with Crippen molar-refractivity contribution in [2.75, 3.05) is 10.8 Å². The van der Waals surface area contributed by atoms with Crippen LogP contribution >= 0.6 is 0 Å². The van der Waals surface area contributed by atoms with Gasteiger partial charge in [-0.15, -0.1) is 0 Å². The van der Waals surface area contributed by atoms with Crippen molar-refractivity contribution < 1.29 is 17.9 Å². The van der Waals surface area contributed by atoms with Gasteiger partial charge >= 0.3 is 0 Å². The van der Waals surface area contributed by atoms with Gasteiger partial charge in [-0.3, -0.25) is 9.10 Å². The van der Waals surface area contributed by atoms with Crippen LogP contribution < -0.4 is 14.4 Å². The highest BCUT2D eigenvalue weighted by atomic mass is 32.2. The van der Waals surface area contributed by atoms with Gasteiger partial charge in [0.25, 0.3) is 15.9 Å². The fourth-order valence-corrected chi connectivity index (χ4v) is 5.46. The van der Waals surface area contributed by atoms with E-state index in [1.54, 1.807) is 36.4 Å². The largest absolute Gasteiger partial charge is 0.476 e. The van der Waals surface area contributed by atoms with E-state index in [1.807, 2.05) is 51.1 Å². The van der Waals surface area contributed by atoms with Gasteiger partial charge in [0, 0.05) is 0 Å². The summed E-state index contributed by atoms with van der Waals surface area (Å²) in [6.45, 7) is 7.68. The molecule has 3 aromatic carbocycles. The first kappa shape index (κ1) is 23.8. The van der Waals surface area contributed by atoms with Crippen LogP contribution in [-0.4, -0.2) is 27.0 Å². The van der Waals surface area contributed by atoms with Crippen LogP contribution in [0.15, 0.2) is 71.6 Å². The van der Waals surface area contributed by atoms with Gasteiger partial charge in [-0.25, -0.2) is 8.42 Å². The van der Waals surface area contributed by atoms with Gasteiger partial charge in [0.2, 0.25) is 0 Å². The standard InChI is InChI=1S/C27H30N2O4S/c1-5-21-9-11-22(12-10-21)20(4)28-27(30)26-17-29(24-16-19(3)8-15-25(24)33-26)34(31,32)23-13-6-18(2)7-14-23/h6-16,20,26H,5,17H2,1-4H3,(H,28,30)/t20-,26-/m1/s1. The van der Waals surface area contributed by atoms with E-state index in [9.17, 15) is 13.2 Å². The van der Waals surface area contributed by atoms with Crippen LogP contribution in [0.4, 0.5) is 5.69 Å². The number of carbonyl (C=O) groups is 1. The number of ether oxygens (including phenoxy) is 1. The molecule has 1 aliphatic rings. The second-order valence-electron chi connectivity index (χ2n) is 8.75. The zero-order valence-corrected chi connectivity index (χ0v) is 20.7. The summed E-state index contributed by atoms with van der Waals surface area (Å²) in [7, 11) is -3.89. The van der Waals surface area contributed by atoms with E-state index in [0.29, 0.717) is 11.4 Å². The van der Waals surface area contributed by atoms with Crippen molar-refractivity contribution in [2.45, 2.75) is 51.2 Å². The summed E-state index contributed by atoms with van der Waals surface area (Å²) in [6, 6.07) is 19.9. The quantitative estimate of drug-likeness (QED) is 0.557. The molecule has 7 heteroatoms. The van der Waals surface area contributed by atoms with Crippen molar-refractivity contribution in [3.63, 3.8) is 0 Å². The number of nitrogens with one attached hydrogen (secondary N) is 1. The number of benzene rings is 3. The van der Waals surface area contributed by atoms with Crippen LogP contribution in [-0.2, 0) is 21.2 Å². The number of hydrogen-bond acceptors (Lipinski definition) is 4. The Morgan fingerprint density at radius 3 is 2.32 bits per heavy atom. The zero-order valence-electron chi connectivity index (χ0n) is 19.9. The second-order valence-corrected chi connectivity index (χ2v) is 10.6. The number of fused-ring (bicyclic) bond motifs is 1. The monoisotopic (exact) mass is 478 g/mol. The van der Waals surface area contributed by atoms with Gasteiger partial charge in [-0.05, 0) is 68.1 Å². The molecular formula is C27H30N2O4S. The van der Waals surface area contributed by atoms with Gasteiger partial charge in [0.1, 0.15) is 5.75 Å². The first-order chi connectivity index (χ1) is 16.2. The highest BCUT2D eigenvalue weighted by Gasteiger charge is 2.38. The number of rotatable bonds is 6. The van der Waals surface area contributed by atoms with E-state index in [-0.39, 0.29) is 23.4 Å². The highest BCUT2D eigenvalue weighted by Crippen LogP contribution is 2.38. The van der Waals surface area contributed by atoms with Crippen molar-refractivity contribution in [1.82, 2.24) is 5.32 Å². The van der Waals surface area contributed by atoms with E-state index >= 15 is 0 Å². The normalized spacial score (nSPS) is 16.4. The minimum atomic E-state index is -3.89. The van der Waals surface area contributed by atoms with Crippen molar-refractivity contribution >= 4 is 21.6 Å². The average Bonchev–Trinajstić information content (AvgIpc) is 2.83. The fourth-order valence-electron chi connectivity index (χ4n) is 3.99. The van der Waals surface area contributed by atoms with Crippen LogP contribution in [0.3, 0.4) is 0 Å². The molecule has 0 aliphatic carbocycles. The van der Waals surface area contributed by atoms with Crippen molar-refractivity contribution in [3.05, 3.63) is 89.0 Å². The summed E-state index contributed by atoms with van der Waals surface area (Å²) in [5.41, 5.74) is 4.50. The number of carbonyl (C=O) groups excluding carboxylic acids is 1. The number of nitrogens with zero attached hydrogens (tertiary/aromatic N) is 1. The van der Waals surface area contributed by atoms with Gasteiger partial charge in [-0.1, -0.05) is 55.0 Å². The third kappa shape index (κ3) is 4.80. The first-order valence-corrected chi connectivity index (χ1v) is 12.9. The molecule has 0 fully saturated rings. The Balaban J connectivity index is 1.61. The van der Waals surface area contributed by atoms with E-state index in [4.69, 9.17) is 4.74 Å². The molecule has 0 unspecified atom stereocenters. The van der Waals surface area contributed by atoms with Crippen LogP contribution in [0, 0.1) is 13.8 Å². The third-order valence-corrected chi connectivity index (χ3v) is 7.93. The van der Waals surface area contributed by atoms with Gasteiger partial charge < -0.3 is 10.1 Å². The fraction of sp³-hybridized carbons (Fsp3) is 0.296. The second kappa shape index (κ2) is 9.50. The molecule has 3 aromatic rings. The maximum absolute atomic E-state index is 13.6. The molecular weight excluding hydrogens is 448 g/mol. The zero-order chi connectivity index (χ0) is 24.5. The lowest BCUT2D eigenvalue weighted by Gasteiger charge is -2.35. The summed E-state index contributed by atoms with van der Waals surface area (Å²) < 4.78 is 34.4. The van der Waals surface area contributed by atoms with E-state index < -0.39 is 16.1 Å². The Bertz CT molecular complexity index is 1290. The Hall–Kier alpha value is -3.32. The molecule has 1 heterocycles. The minimum absolute atomic E-state index is 0.111. The molecule has 0 bridgehead atoms. The predicted octanol–water partition coefficient (Wildman–Crippen LogP) is 4.70. The molecule has 0 saturated heterocycles. The number of hydrogen-bond donors (Lipinski definition) is 1. The third-order valence-electron chi connectivity index (χ3n) is 6.13. The Morgan fingerprint density at radius 2 is 1.68 bits per heavy atom. The molecule has 2 atom stereocenters. The topological polar surface area (TPSA) is 75.7 Å². The van der Waals surface area contributed by atoms with Crippen molar-refractivity contribution in [2.24, 2.45) is 0 Å². The van der Waals surface area contributed by atoms with Crippen LogP contribution in [0.25, 0.3) is 0 Å². The van der Waals surface area contributed by atoms with E-state index in [0.717, 1.165) is 23.1 Å². The molecule has 0 radical (unpaired) electrons. The minimum Gasteiger partial charge on any atom is -0.476 e. The number of anilines is 1. The number of sulfonamides is 1. The maximum Gasteiger partial charge on any atom is 0.264 e. The van der Waals surface area contributed by atoms with Crippen LogP contribution in [0.5, 0.6) is 5.75 Å². The lowest BCUT2D eigenvalue weighted by Crippen LogP contribution is -2.51. The number of amides is 1. The summed E-state index contributed by atoms with van der Waals surface area (Å²) in [4.78, 5) is 13.4. The summed E-state index contributed by atoms with van der Waals surface area (Å²) >= 11 is 0. The lowest BCUT2D eigenvalue weighted by molar-refractivity contribution is -0.128. The molecule has 1 amide bonds.